The Hall–Kier alpha value is -2.17. The predicted octanol–water partition coefficient (Wildman–Crippen LogP) is 1.69. The normalized spacial score (nSPS) is 10.3. The van der Waals surface area contributed by atoms with Crippen molar-refractivity contribution in [3.8, 4) is 0 Å². The van der Waals surface area contributed by atoms with E-state index < -0.39 is 0 Å². The molecule has 0 aliphatic carbocycles. The highest BCUT2D eigenvalue weighted by Crippen LogP contribution is 2.09. The van der Waals surface area contributed by atoms with Crippen molar-refractivity contribution in [2.45, 2.75) is 13.3 Å². The summed E-state index contributed by atoms with van der Waals surface area (Å²) >= 11 is 0. The van der Waals surface area contributed by atoms with Crippen LogP contribution in [0.1, 0.15) is 21.6 Å². The van der Waals surface area contributed by atoms with E-state index in [9.17, 15) is 4.79 Å². The number of nitrogens with zero attached hydrogens (tertiary/aromatic N) is 3. The maximum absolute atomic E-state index is 12.1. The second-order valence-electron chi connectivity index (χ2n) is 4.15. The van der Waals surface area contributed by atoms with Crippen molar-refractivity contribution in [2.24, 2.45) is 0 Å². The minimum Gasteiger partial charge on any atom is -0.364 e. The van der Waals surface area contributed by atoms with Gasteiger partial charge in [-0.05, 0) is 31.0 Å². The zero-order valence-corrected chi connectivity index (χ0v) is 10.5. The summed E-state index contributed by atoms with van der Waals surface area (Å²) in [5.41, 5.74) is 2.30. The van der Waals surface area contributed by atoms with Gasteiger partial charge in [-0.2, -0.15) is 0 Å². The first-order chi connectivity index (χ1) is 8.68. The number of pyridine rings is 1. The standard InChI is InChI=1S/C13H15N3O2/c1-10-12(9-18-15-10)13(17)16(2)8-5-11-3-6-14-7-4-11/h3-4,6-7,9H,5,8H2,1-2H3. The largest absolute Gasteiger partial charge is 0.364 e. The van der Waals surface area contributed by atoms with E-state index in [1.807, 2.05) is 12.1 Å². The minimum absolute atomic E-state index is 0.0668. The van der Waals surface area contributed by atoms with Crippen LogP contribution in [0.2, 0.25) is 0 Å². The van der Waals surface area contributed by atoms with Gasteiger partial charge in [0.1, 0.15) is 11.8 Å². The lowest BCUT2D eigenvalue weighted by Crippen LogP contribution is -2.29. The number of carbonyl (C=O) groups is 1. The van der Waals surface area contributed by atoms with Crippen LogP contribution >= 0.6 is 0 Å². The molecule has 0 spiro atoms. The summed E-state index contributed by atoms with van der Waals surface area (Å²) in [7, 11) is 1.77. The van der Waals surface area contributed by atoms with E-state index in [2.05, 4.69) is 10.1 Å². The van der Waals surface area contributed by atoms with E-state index in [0.29, 0.717) is 17.8 Å². The van der Waals surface area contributed by atoms with Gasteiger partial charge in [-0.3, -0.25) is 9.78 Å². The Morgan fingerprint density at radius 1 is 1.39 bits per heavy atom. The van der Waals surface area contributed by atoms with E-state index in [-0.39, 0.29) is 5.91 Å². The highest BCUT2D eigenvalue weighted by atomic mass is 16.5. The van der Waals surface area contributed by atoms with E-state index in [1.54, 1.807) is 31.3 Å². The Morgan fingerprint density at radius 2 is 2.11 bits per heavy atom. The molecular weight excluding hydrogens is 230 g/mol. The lowest BCUT2D eigenvalue weighted by atomic mass is 10.2. The summed E-state index contributed by atoms with van der Waals surface area (Å²) in [6.45, 7) is 2.40. The van der Waals surface area contributed by atoms with Gasteiger partial charge in [-0.25, -0.2) is 0 Å². The number of carbonyl (C=O) groups excluding carboxylic acids is 1. The quantitative estimate of drug-likeness (QED) is 0.822. The fourth-order valence-corrected chi connectivity index (χ4v) is 1.65. The van der Waals surface area contributed by atoms with Crippen LogP contribution in [0.5, 0.6) is 0 Å². The maximum Gasteiger partial charge on any atom is 0.258 e. The number of hydrogen-bond donors (Lipinski definition) is 0. The molecule has 0 aliphatic rings. The molecule has 2 rings (SSSR count). The SMILES string of the molecule is Cc1nocc1C(=O)N(C)CCc1ccncc1. The van der Waals surface area contributed by atoms with Crippen LogP contribution in [0.3, 0.4) is 0 Å². The molecule has 94 valence electrons. The van der Waals surface area contributed by atoms with Crippen molar-refractivity contribution in [3.05, 3.63) is 47.6 Å². The summed E-state index contributed by atoms with van der Waals surface area (Å²) < 4.78 is 4.77. The van der Waals surface area contributed by atoms with Crippen LogP contribution in [0.25, 0.3) is 0 Å². The Bertz CT molecular complexity index is 522. The van der Waals surface area contributed by atoms with Gasteiger partial charge in [0.05, 0.1) is 5.69 Å². The fourth-order valence-electron chi connectivity index (χ4n) is 1.65. The fraction of sp³-hybridized carbons (Fsp3) is 0.308. The molecule has 0 radical (unpaired) electrons. The number of hydrogen-bond acceptors (Lipinski definition) is 4. The van der Waals surface area contributed by atoms with Gasteiger partial charge in [0, 0.05) is 26.0 Å². The average Bonchev–Trinajstić information content (AvgIpc) is 2.82. The van der Waals surface area contributed by atoms with Crippen molar-refractivity contribution in [2.75, 3.05) is 13.6 Å². The summed E-state index contributed by atoms with van der Waals surface area (Å²) in [6.07, 6.45) is 5.69. The third-order valence-electron chi connectivity index (χ3n) is 2.81. The number of aromatic nitrogens is 2. The number of aryl methyl sites for hydroxylation is 1. The van der Waals surface area contributed by atoms with Crippen LogP contribution in [0, 0.1) is 6.92 Å². The molecule has 0 N–H and O–H groups in total. The molecule has 5 nitrogen and oxygen atoms in total. The van der Waals surface area contributed by atoms with Crippen molar-refractivity contribution in [1.82, 2.24) is 15.0 Å². The first-order valence-electron chi connectivity index (χ1n) is 5.74. The third-order valence-corrected chi connectivity index (χ3v) is 2.81. The highest BCUT2D eigenvalue weighted by Gasteiger charge is 2.16. The molecule has 2 aromatic heterocycles. The third kappa shape index (κ3) is 2.74. The molecule has 0 aromatic carbocycles. The first kappa shape index (κ1) is 12.3. The molecule has 0 unspecified atom stereocenters. The summed E-state index contributed by atoms with van der Waals surface area (Å²) in [4.78, 5) is 17.7. The second kappa shape index (κ2) is 5.44. The van der Waals surface area contributed by atoms with Crippen LogP contribution in [0.15, 0.2) is 35.3 Å². The molecule has 0 atom stereocenters. The highest BCUT2D eigenvalue weighted by molar-refractivity contribution is 5.94. The van der Waals surface area contributed by atoms with E-state index in [4.69, 9.17) is 4.52 Å². The van der Waals surface area contributed by atoms with Crippen LogP contribution in [-0.2, 0) is 6.42 Å². The van der Waals surface area contributed by atoms with Crippen molar-refractivity contribution >= 4 is 5.91 Å². The molecule has 5 heteroatoms. The van der Waals surface area contributed by atoms with Gasteiger partial charge >= 0.3 is 0 Å². The molecule has 1 amide bonds. The molecule has 0 fully saturated rings. The lowest BCUT2D eigenvalue weighted by molar-refractivity contribution is 0.0795. The molecule has 0 saturated heterocycles. The van der Waals surface area contributed by atoms with Gasteiger partial charge in [-0.1, -0.05) is 5.16 Å². The predicted molar refractivity (Wildman–Crippen MR) is 66.1 cm³/mol. The summed E-state index contributed by atoms with van der Waals surface area (Å²) in [5.74, 6) is -0.0668. The van der Waals surface area contributed by atoms with E-state index in [0.717, 1.165) is 12.0 Å². The zero-order valence-electron chi connectivity index (χ0n) is 10.5. The Labute approximate surface area is 105 Å². The van der Waals surface area contributed by atoms with Crippen molar-refractivity contribution < 1.29 is 9.32 Å². The number of amides is 1. The molecule has 0 aliphatic heterocycles. The van der Waals surface area contributed by atoms with Crippen LogP contribution in [-0.4, -0.2) is 34.5 Å². The van der Waals surface area contributed by atoms with Gasteiger partial charge in [0.15, 0.2) is 0 Å². The topological polar surface area (TPSA) is 59.2 Å². The molecule has 0 saturated carbocycles. The minimum atomic E-state index is -0.0668. The number of likely N-dealkylation sites (N-methyl/N-ethyl adjacent to an activating group) is 1. The van der Waals surface area contributed by atoms with Crippen molar-refractivity contribution in [3.63, 3.8) is 0 Å². The Morgan fingerprint density at radius 3 is 2.72 bits per heavy atom. The molecule has 2 aromatic rings. The van der Waals surface area contributed by atoms with E-state index in [1.165, 1.54) is 6.26 Å². The first-order valence-corrected chi connectivity index (χ1v) is 5.74. The maximum atomic E-state index is 12.1. The van der Waals surface area contributed by atoms with Crippen LogP contribution < -0.4 is 0 Å². The molecule has 0 bridgehead atoms. The molecular formula is C13H15N3O2. The van der Waals surface area contributed by atoms with Gasteiger partial charge in [0.25, 0.3) is 5.91 Å². The Kier molecular flexibility index (Phi) is 3.72. The van der Waals surface area contributed by atoms with Gasteiger partial charge in [0.2, 0.25) is 0 Å². The second-order valence-corrected chi connectivity index (χ2v) is 4.15. The number of rotatable bonds is 4. The summed E-state index contributed by atoms with van der Waals surface area (Å²) in [6, 6.07) is 3.89. The van der Waals surface area contributed by atoms with Gasteiger partial charge in [-0.15, -0.1) is 0 Å². The monoisotopic (exact) mass is 245 g/mol. The smallest absolute Gasteiger partial charge is 0.258 e. The lowest BCUT2D eigenvalue weighted by Gasteiger charge is -2.16. The van der Waals surface area contributed by atoms with Crippen LogP contribution in [0.4, 0.5) is 0 Å². The zero-order chi connectivity index (χ0) is 13.0. The molecule has 18 heavy (non-hydrogen) atoms. The van der Waals surface area contributed by atoms with Crippen molar-refractivity contribution in [1.29, 1.82) is 0 Å². The molecule has 2 heterocycles. The Balaban J connectivity index is 1.95. The summed E-state index contributed by atoms with van der Waals surface area (Å²) in [5, 5.41) is 3.71. The van der Waals surface area contributed by atoms with E-state index >= 15 is 0 Å². The van der Waals surface area contributed by atoms with Gasteiger partial charge < -0.3 is 9.42 Å². The average molecular weight is 245 g/mol.